The zero-order valence-electron chi connectivity index (χ0n) is 7.42. The molecular formula is C10H11ClO2. The molecule has 1 atom stereocenters. The number of carbonyl (C=O) groups is 1. The van der Waals surface area contributed by atoms with Gasteiger partial charge in [-0.2, -0.15) is 0 Å². The average molecular weight is 199 g/mol. The molecule has 0 amide bonds. The average Bonchev–Trinajstić information content (AvgIpc) is 2.09. The van der Waals surface area contributed by atoms with Gasteiger partial charge in [0.25, 0.3) is 0 Å². The van der Waals surface area contributed by atoms with Gasteiger partial charge in [-0.1, -0.05) is 24.3 Å². The van der Waals surface area contributed by atoms with Gasteiger partial charge in [-0.15, -0.1) is 0 Å². The molecule has 13 heavy (non-hydrogen) atoms. The Hall–Kier alpha value is -1.02. The zero-order chi connectivity index (χ0) is 9.84. The highest BCUT2D eigenvalue weighted by Crippen LogP contribution is 2.25. The van der Waals surface area contributed by atoms with E-state index in [1.807, 2.05) is 6.08 Å². The van der Waals surface area contributed by atoms with Crippen LogP contribution in [0.15, 0.2) is 35.4 Å². The van der Waals surface area contributed by atoms with Crippen LogP contribution in [0.5, 0.6) is 0 Å². The number of halogens is 1. The van der Waals surface area contributed by atoms with Crippen molar-refractivity contribution in [2.24, 2.45) is 5.92 Å². The third-order valence-electron chi connectivity index (χ3n) is 1.90. The lowest BCUT2D eigenvalue weighted by Gasteiger charge is -2.15. The molecule has 0 bridgehead atoms. The summed E-state index contributed by atoms with van der Waals surface area (Å²) in [6.45, 7) is 3.81. The van der Waals surface area contributed by atoms with E-state index in [1.165, 1.54) is 7.11 Å². The Morgan fingerprint density at radius 3 is 3.00 bits per heavy atom. The van der Waals surface area contributed by atoms with Gasteiger partial charge in [0.1, 0.15) is 0 Å². The van der Waals surface area contributed by atoms with Crippen LogP contribution in [-0.2, 0) is 9.53 Å². The lowest BCUT2D eigenvalue weighted by atomic mass is 9.93. The summed E-state index contributed by atoms with van der Waals surface area (Å²) in [7, 11) is 1.38. The topological polar surface area (TPSA) is 26.3 Å². The number of methoxy groups -OCH3 is 1. The van der Waals surface area contributed by atoms with Crippen LogP contribution in [0.3, 0.4) is 0 Å². The largest absolute Gasteiger partial charge is 0.469 e. The molecule has 0 spiro atoms. The van der Waals surface area contributed by atoms with Crippen LogP contribution in [0.1, 0.15) is 6.42 Å². The van der Waals surface area contributed by atoms with Crippen LogP contribution in [0.4, 0.5) is 0 Å². The molecule has 0 saturated carbocycles. The van der Waals surface area contributed by atoms with Crippen molar-refractivity contribution in [3.05, 3.63) is 35.4 Å². The summed E-state index contributed by atoms with van der Waals surface area (Å²) in [5.41, 5.74) is 0.845. The van der Waals surface area contributed by atoms with Crippen molar-refractivity contribution < 1.29 is 9.53 Å². The van der Waals surface area contributed by atoms with E-state index in [4.69, 9.17) is 11.6 Å². The van der Waals surface area contributed by atoms with E-state index in [2.05, 4.69) is 11.3 Å². The molecule has 0 fully saturated rings. The number of hydrogen-bond donors (Lipinski definition) is 0. The van der Waals surface area contributed by atoms with E-state index in [-0.39, 0.29) is 11.9 Å². The Balaban J connectivity index is 2.60. The smallest absolute Gasteiger partial charge is 0.306 e. The molecule has 0 heterocycles. The summed E-state index contributed by atoms with van der Waals surface area (Å²) < 4.78 is 4.56. The van der Waals surface area contributed by atoms with Crippen molar-refractivity contribution in [2.45, 2.75) is 6.42 Å². The first-order chi connectivity index (χ1) is 6.13. The molecule has 0 aromatic carbocycles. The fraction of sp³-hybridized carbons (Fsp3) is 0.300. The standard InChI is InChI=1S/C10H11ClO2/c1-7-5-9(11)4-3-8(7)6-10(12)13-2/h3-5,8H,1,6H2,2H3. The minimum atomic E-state index is -0.234. The molecule has 1 rings (SSSR count). The monoisotopic (exact) mass is 198 g/mol. The molecule has 1 aliphatic rings. The molecular weight excluding hydrogens is 188 g/mol. The zero-order valence-corrected chi connectivity index (χ0v) is 8.17. The summed E-state index contributed by atoms with van der Waals surface area (Å²) in [6, 6.07) is 0. The maximum absolute atomic E-state index is 11.0. The van der Waals surface area contributed by atoms with Gasteiger partial charge >= 0.3 is 5.97 Å². The first-order valence-electron chi connectivity index (χ1n) is 3.94. The quantitative estimate of drug-likeness (QED) is 0.637. The van der Waals surface area contributed by atoms with Gasteiger partial charge in [-0.3, -0.25) is 4.79 Å². The fourth-order valence-electron chi connectivity index (χ4n) is 1.13. The Bertz CT molecular complexity index is 289. The van der Waals surface area contributed by atoms with Crippen LogP contribution in [-0.4, -0.2) is 13.1 Å². The van der Waals surface area contributed by atoms with Gasteiger partial charge in [0.05, 0.1) is 13.5 Å². The molecule has 0 saturated heterocycles. The van der Waals surface area contributed by atoms with Crippen molar-refractivity contribution in [2.75, 3.05) is 7.11 Å². The SMILES string of the molecule is C=C1C=C(Cl)C=CC1CC(=O)OC. The lowest BCUT2D eigenvalue weighted by molar-refractivity contribution is -0.141. The second-order valence-corrected chi connectivity index (χ2v) is 3.29. The summed E-state index contributed by atoms with van der Waals surface area (Å²) >= 11 is 5.74. The van der Waals surface area contributed by atoms with E-state index < -0.39 is 0 Å². The maximum Gasteiger partial charge on any atom is 0.306 e. The van der Waals surface area contributed by atoms with Gasteiger partial charge in [-0.25, -0.2) is 0 Å². The van der Waals surface area contributed by atoms with E-state index in [9.17, 15) is 4.79 Å². The molecule has 0 N–H and O–H groups in total. The highest BCUT2D eigenvalue weighted by molar-refractivity contribution is 6.31. The molecule has 0 aromatic rings. The second-order valence-electron chi connectivity index (χ2n) is 2.85. The Morgan fingerprint density at radius 2 is 2.46 bits per heavy atom. The highest BCUT2D eigenvalue weighted by Gasteiger charge is 2.16. The Kier molecular flexibility index (Phi) is 3.32. The van der Waals surface area contributed by atoms with E-state index >= 15 is 0 Å². The van der Waals surface area contributed by atoms with E-state index in [0.29, 0.717) is 11.5 Å². The highest BCUT2D eigenvalue weighted by atomic mass is 35.5. The predicted molar refractivity (Wildman–Crippen MR) is 52.3 cm³/mol. The summed E-state index contributed by atoms with van der Waals surface area (Å²) in [5.74, 6) is -0.211. The van der Waals surface area contributed by atoms with Gasteiger partial charge in [0.15, 0.2) is 0 Å². The lowest BCUT2D eigenvalue weighted by Crippen LogP contribution is -2.10. The normalized spacial score (nSPS) is 21.2. The van der Waals surface area contributed by atoms with Crippen LogP contribution in [0.25, 0.3) is 0 Å². The molecule has 70 valence electrons. The number of hydrogen-bond acceptors (Lipinski definition) is 2. The van der Waals surface area contributed by atoms with Crippen LogP contribution in [0, 0.1) is 5.92 Å². The first-order valence-corrected chi connectivity index (χ1v) is 4.32. The molecule has 1 unspecified atom stereocenters. The fourth-order valence-corrected chi connectivity index (χ4v) is 1.34. The van der Waals surface area contributed by atoms with Crippen molar-refractivity contribution in [3.8, 4) is 0 Å². The van der Waals surface area contributed by atoms with Crippen LogP contribution in [0.2, 0.25) is 0 Å². The van der Waals surface area contributed by atoms with Gasteiger partial charge < -0.3 is 4.74 Å². The van der Waals surface area contributed by atoms with E-state index in [0.717, 1.165) is 5.57 Å². The molecule has 0 aliphatic heterocycles. The van der Waals surface area contributed by atoms with Crippen LogP contribution < -0.4 is 0 Å². The third kappa shape index (κ3) is 2.74. The summed E-state index contributed by atoms with van der Waals surface area (Å²) in [5, 5.41) is 0.645. The summed E-state index contributed by atoms with van der Waals surface area (Å²) in [4.78, 5) is 11.0. The maximum atomic E-state index is 11.0. The minimum absolute atomic E-state index is 0.0231. The van der Waals surface area contributed by atoms with Gasteiger partial charge in [0, 0.05) is 11.0 Å². The molecule has 3 heteroatoms. The number of ether oxygens (including phenoxy) is 1. The summed E-state index contributed by atoms with van der Waals surface area (Å²) in [6.07, 6.45) is 5.72. The first kappa shape index (κ1) is 10.1. The molecule has 2 nitrogen and oxygen atoms in total. The van der Waals surface area contributed by atoms with Crippen molar-refractivity contribution in [1.29, 1.82) is 0 Å². The van der Waals surface area contributed by atoms with Crippen LogP contribution >= 0.6 is 11.6 Å². The number of rotatable bonds is 2. The van der Waals surface area contributed by atoms with Crippen molar-refractivity contribution in [1.82, 2.24) is 0 Å². The van der Waals surface area contributed by atoms with E-state index in [1.54, 1.807) is 12.2 Å². The minimum Gasteiger partial charge on any atom is -0.469 e. The van der Waals surface area contributed by atoms with Gasteiger partial charge in [0.2, 0.25) is 0 Å². The van der Waals surface area contributed by atoms with Crippen molar-refractivity contribution in [3.63, 3.8) is 0 Å². The third-order valence-corrected chi connectivity index (χ3v) is 2.14. The molecule has 0 radical (unpaired) electrons. The number of carbonyl (C=O) groups excluding carboxylic acids is 1. The van der Waals surface area contributed by atoms with Gasteiger partial charge in [-0.05, 0) is 17.7 Å². The Morgan fingerprint density at radius 1 is 1.77 bits per heavy atom. The Labute approximate surface area is 82.5 Å². The number of allylic oxidation sites excluding steroid dienone is 5. The van der Waals surface area contributed by atoms with Crippen molar-refractivity contribution >= 4 is 17.6 Å². The second kappa shape index (κ2) is 4.28. The predicted octanol–water partition coefficient (Wildman–Crippen LogP) is 2.41. The number of esters is 1. The molecule has 0 aromatic heterocycles. The molecule has 1 aliphatic carbocycles.